The van der Waals surface area contributed by atoms with Gasteiger partial charge in [-0.15, -0.1) is 0 Å². The fourth-order valence-electron chi connectivity index (χ4n) is 1.93. The molecule has 0 fully saturated rings. The maximum absolute atomic E-state index is 5.46. The van der Waals surface area contributed by atoms with Crippen molar-refractivity contribution in [3.05, 3.63) is 17.7 Å². The molecule has 0 spiro atoms. The summed E-state index contributed by atoms with van der Waals surface area (Å²) in [7, 11) is 3.41. The Balaban J connectivity index is 2.31. The molecule has 1 aromatic carbocycles. The summed E-state index contributed by atoms with van der Waals surface area (Å²) in [5, 5.41) is 4.19. The van der Waals surface area contributed by atoms with Crippen molar-refractivity contribution in [1.29, 1.82) is 0 Å². The second-order valence-electron chi connectivity index (χ2n) is 4.66. The number of aromatic nitrogens is 1. The monoisotopic (exact) mass is 280 g/mol. The number of ether oxygens (including phenoxy) is 2. The lowest BCUT2D eigenvalue weighted by molar-refractivity contribution is 0.211. The first-order chi connectivity index (χ1) is 9.15. The van der Waals surface area contributed by atoms with Crippen LogP contribution >= 0.6 is 11.3 Å². The molecule has 19 heavy (non-hydrogen) atoms. The molecule has 0 saturated carbocycles. The molecule has 5 heteroatoms. The standard InChI is InChI=1S/C14H20N2O2S/c1-9(2)10-7-11-13(8-12(10)18-4)19-14(16-11)15-5-6-17-3/h7-9H,5-6H2,1-4H3,(H,15,16). The third kappa shape index (κ3) is 3.16. The molecule has 0 saturated heterocycles. The third-order valence-corrected chi connectivity index (χ3v) is 3.92. The van der Waals surface area contributed by atoms with Gasteiger partial charge in [-0.3, -0.25) is 0 Å². The summed E-state index contributed by atoms with van der Waals surface area (Å²) in [5.74, 6) is 1.36. The van der Waals surface area contributed by atoms with E-state index in [1.807, 2.05) is 0 Å². The number of thiazole rings is 1. The van der Waals surface area contributed by atoms with Gasteiger partial charge in [-0.25, -0.2) is 4.98 Å². The predicted molar refractivity (Wildman–Crippen MR) is 80.6 cm³/mol. The number of anilines is 1. The number of hydrogen-bond donors (Lipinski definition) is 1. The van der Waals surface area contributed by atoms with Gasteiger partial charge in [-0.1, -0.05) is 25.2 Å². The second-order valence-corrected chi connectivity index (χ2v) is 5.69. The summed E-state index contributed by atoms with van der Waals surface area (Å²) in [4.78, 5) is 4.60. The van der Waals surface area contributed by atoms with E-state index in [9.17, 15) is 0 Å². The maximum Gasteiger partial charge on any atom is 0.183 e. The average molecular weight is 280 g/mol. The zero-order valence-corrected chi connectivity index (χ0v) is 12.6. The van der Waals surface area contributed by atoms with Crippen LogP contribution in [0, 0.1) is 0 Å². The molecule has 0 amide bonds. The summed E-state index contributed by atoms with van der Waals surface area (Å²) in [5.41, 5.74) is 2.22. The summed E-state index contributed by atoms with van der Waals surface area (Å²) in [6, 6.07) is 4.20. The van der Waals surface area contributed by atoms with Crippen LogP contribution in [0.15, 0.2) is 12.1 Å². The van der Waals surface area contributed by atoms with Crippen LogP contribution in [0.1, 0.15) is 25.3 Å². The number of benzene rings is 1. The van der Waals surface area contributed by atoms with E-state index in [2.05, 4.69) is 36.3 Å². The molecular formula is C14H20N2O2S. The van der Waals surface area contributed by atoms with E-state index in [1.54, 1.807) is 25.6 Å². The predicted octanol–water partition coefficient (Wildman–Crippen LogP) is 3.49. The first-order valence-corrected chi connectivity index (χ1v) is 7.18. The highest BCUT2D eigenvalue weighted by molar-refractivity contribution is 7.22. The Kier molecular flexibility index (Phi) is 4.61. The minimum absolute atomic E-state index is 0.422. The summed E-state index contributed by atoms with van der Waals surface area (Å²) in [6.45, 7) is 5.77. The van der Waals surface area contributed by atoms with Gasteiger partial charge in [0.1, 0.15) is 5.75 Å². The Bertz CT molecular complexity index is 552. The Morgan fingerprint density at radius 1 is 1.32 bits per heavy atom. The number of methoxy groups -OCH3 is 2. The summed E-state index contributed by atoms with van der Waals surface area (Å²) in [6.07, 6.45) is 0. The van der Waals surface area contributed by atoms with E-state index < -0.39 is 0 Å². The quantitative estimate of drug-likeness (QED) is 0.823. The Morgan fingerprint density at radius 3 is 2.74 bits per heavy atom. The molecule has 0 aliphatic rings. The molecule has 0 atom stereocenters. The van der Waals surface area contributed by atoms with Crippen LogP contribution in [0.2, 0.25) is 0 Å². The highest BCUT2D eigenvalue weighted by Crippen LogP contribution is 2.35. The van der Waals surface area contributed by atoms with E-state index >= 15 is 0 Å². The molecule has 1 heterocycles. The van der Waals surface area contributed by atoms with Gasteiger partial charge >= 0.3 is 0 Å². The van der Waals surface area contributed by atoms with Crippen molar-refractivity contribution in [3.8, 4) is 5.75 Å². The van der Waals surface area contributed by atoms with Crippen LogP contribution in [0.4, 0.5) is 5.13 Å². The van der Waals surface area contributed by atoms with E-state index in [4.69, 9.17) is 9.47 Å². The van der Waals surface area contributed by atoms with Crippen molar-refractivity contribution in [2.75, 3.05) is 32.7 Å². The van der Waals surface area contributed by atoms with Gasteiger partial charge in [0.05, 0.1) is 23.9 Å². The van der Waals surface area contributed by atoms with E-state index in [-0.39, 0.29) is 0 Å². The van der Waals surface area contributed by atoms with Crippen molar-refractivity contribution in [2.24, 2.45) is 0 Å². The van der Waals surface area contributed by atoms with Gasteiger partial charge in [0, 0.05) is 13.7 Å². The Hall–Kier alpha value is -1.33. The first kappa shape index (κ1) is 14.1. The zero-order chi connectivity index (χ0) is 13.8. The fourth-order valence-corrected chi connectivity index (χ4v) is 2.84. The second kappa shape index (κ2) is 6.21. The molecule has 1 aromatic heterocycles. The number of fused-ring (bicyclic) bond motifs is 1. The van der Waals surface area contributed by atoms with Gasteiger partial charge in [0.15, 0.2) is 5.13 Å². The Labute approximate surface area is 117 Å². The minimum Gasteiger partial charge on any atom is -0.496 e. The van der Waals surface area contributed by atoms with Crippen LogP contribution in [-0.4, -0.2) is 32.4 Å². The SMILES string of the molecule is COCCNc1nc2cc(C(C)C)c(OC)cc2s1. The zero-order valence-electron chi connectivity index (χ0n) is 11.8. The van der Waals surface area contributed by atoms with Crippen LogP contribution < -0.4 is 10.1 Å². The van der Waals surface area contributed by atoms with Gasteiger partial charge < -0.3 is 14.8 Å². The van der Waals surface area contributed by atoms with Crippen molar-refractivity contribution in [1.82, 2.24) is 4.98 Å². The molecule has 0 aliphatic carbocycles. The van der Waals surface area contributed by atoms with Crippen LogP contribution in [0.5, 0.6) is 5.75 Å². The minimum atomic E-state index is 0.422. The number of nitrogens with zero attached hydrogens (tertiary/aromatic N) is 1. The van der Waals surface area contributed by atoms with E-state index in [1.165, 1.54) is 5.56 Å². The molecule has 1 N–H and O–H groups in total. The lowest BCUT2D eigenvalue weighted by Crippen LogP contribution is -2.06. The maximum atomic E-state index is 5.46. The van der Waals surface area contributed by atoms with Gasteiger partial charge in [0.25, 0.3) is 0 Å². The lowest BCUT2D eigenvalue weighted by Gasteiger charge is -2.11. The van der Waals surface area contributed by atoms with Crippen molar-refractivity contribution < 1.29 is 9.47 Å². The van der Waals surface area contributed by atoms with E-state index in [0.717, 1.165) is 27.6 Å². The van der Waals surface area contributed by atoms with Crippen molar-refractivity contribution >= 4 is 26.7 Å². The molecule has 2 aromatic rings. The number of hydrogen-bond acceptors (Lipinski definition) is 5. The molecule has 0 radical (unpaired) electrons. The average Bonchev–Trinajstić information content (AvgIpc) is 2.78. The summed E-state index contributed by atoms with van der Waals surface area (Å²) < 4.78 is 11.6. The van der Waals surface area contributed by atoms with Gasteiger partial charge in [-0.2, -0.15) is 0 Å². The van der Waals surface area contributed by atoms with Crippen LogP contribution in [-0.2, 0) is 4.74 Å². The third-order valence-electron chi connectivity index (χ3n) is 2.94. The van der Waals surface area contributed by atoms with Crippen molar-refractivity contribution in [2.45, 2.75) is 19.8 Å². The number of rotatable bonds is 6. The largest absolute Gasteiger partial charge is 0.496 e. The molecule has 0 bridgehead atoms. The van der Waals surface area contributed by atoms with Crippen LogP contribution in [0.3, 0.4) is 0 Å². The smallest absolute Gasteiger partial charge is 0.183 e. The summed E-state index contributed by atoms with van der Waals surface area (Å²) >= 11 is 1.64. The van der Waals surface area contributed by atoms with Crippen molar-refractivity contribution in [3.63, 3.8) is 0 Å². The van der Waals surface area contributed by atoms with Gasteiger partial charge in [-0.05, 0) is 23.6 Å². The van der Waals surface area contributed by atoms with E-state index in [0.29, 0.717) is 12.5 Å². The first-order valence-electron chi connectivity index (χ1n) is 6.37. The lowest BCUT2D eigenvalue weighted by atomic mass is 10.0. The Morgan fingerprint density at radius 2 is 2.11 bits per heavy atom. The molecule has 0 aliphatic heterocycles. The molecular weight excluding hydrogens is 260 g/mol. The topological polar surface area (TPSA) is 43.4 Å². The highest BCUT2D eigenvalue weighted by atomic mass is 32.1. The molecule has 104 valence electrons. The number of nitrogens with one attached hydrogen (secondary N) is 1. The molecule has 0 unspecified atom stereocenters. The van der Waals surface area contributed by atoms with Crippen LogP contribution in [0.25, 0.3) is 10.2 Å². The fraction of sp³-hybridized carbons (Fsp3) is 0.500. The molecule has 4 nitrogen and oxygen atoms in total. The molecule has 2 rings (SSSR count). The normalized spacial score (nSPS) is 11.2. The van der Waals surface area contributed by atoms with Gasteiger partial charge in [0.2, 0.25) is 0 Å². The highest BCUT2D eigenvalue weighted by Gasteiger charge is 2.12.